The summed E-state index contributed by atoms with van der Waals surface area (Å²) >= 11 is 0. The van der Waals surface area contributed by atoms with E-state index in [1.54, 1.807) is 12.1 Å². The highest BCUT2D eigenvalue weighted by atomic mass is 16.5. The van der Waals surface area contributed by atoms with Crippen molar-refractivity contribution in [1.82, 2.24) is 4.90 Å². The summed E-state index contributed by atoms with van der Waals surface area (Å²) in [5.41, 5.74) is 3.15. The van der Waals surface area contributed by atoms with Gasteiger partial charge in [-0.2, -0.15) is 0 Å². The summed E-state index contributed by atoms with van der Waals surface area (Å²) in [5, 5.41) is 0. The number of imide groups is 1. The number of hydrogen-bond donors (Lipinski definition) is 0. The quantitative estimate of drug-likeness (QED) is 0.702. The first-order valence-corrected chi connectivity index (χ1v) is 10.3. The van der Waals surface area contributed by atoms with Crippen molar-refractivity contribution >= 4 is 23.1 Å². The van der Waals surface area contributed by atoms with Crippen LogP contribution in [0.3, 0.4) is 0 Å². The standard InChI is InChI=1S/C24H26N2O3/c1-2-16-29-21-10-8-20(9-11-21)26-23(27)17-22(24(26)28)25-14-12-19(13-15-25)18-6-4-3-5-7-18/h3-12,22H,2,13-17H2,1H3/t22-/m1/s1. The predicted molar refractivity (Wildman–Crippen MR) is 114 cm³/mol. The fourth-order valence-electron chi connectivity index (χ4n) is 3.97. The van der Waals surface area contributed by atoms with Crippen LogP contribution < -0.4 is 9.64 Å². The number of hydrogen-bond acceptors (Lipinski definition) is 4. The van der Waals surface area contributed by atoms with Gasteiger partial charge in [-0.05, 0) is 48.2 Å². The van der Waals surface area contributed by atoms with E-state index in [4.69, 9.17) is 4.74 Å². The fraction of sp³-hybridized carbons (Fsp3) is 0.333. The maximum absolute atomic E-state index is 13.0. The molecule has 2 aliphatic rings. The summed E-state index contributed by atoms with van der Waals surface area (Å²) in [4.78, 5) is 29.1. The van der Waals surface area contributed by atoms with Crippen molar-refractivity contribution in [3.63, 3.8) is 0 Å². The summed E-state index contributed by atoms with van der Waals surface area (Å²) in [6.07, 6.45) is 4.23. The Morgan fingerprint density at radius 1 is 1.03 bits per heavy atom. The first kappa shape index (κ1) is 19.4. The van der Waals surface area contributed by atoms with Crippen LogP contribution in [0.4, 0.5) is 5.69 Å². The Bertz CT molecular complexity index is 905. The van der Waals surface area contributed by atoms with E-state index in [0.717, 1.165) is 25.1 Å². The highest BCUT2D eigenvalue weighted by Crippen LogP contribution is 2.30. The molecular formula is C24H26N2O3. The summed E-state index contributed by atoms with van der Waals surface area (Å²) in [5.74, 6) is 0.481. The average molecular weight is 390 g/mol. The molecule has 4 rings (SSSR count). The summed E-state index contributed by atoms with van der Waals surface area (Å²) in [6.45, 7) is 4.17. The number of ether oxygens (including phenoxy) is 1. The SMILES string of the molecule is CCCOc1ccc(N2C(=O)C[C@@H](N3CC=C(c4ccccc4)CC3)C2=O)cc1. The lowest BCUT2D eigenvalue weighted by Gasteiger charge is -2.30. The van der Waals surface area contributed by atoms with E-state index >= 15 is 0 Å². The number of nitrogens with zero attached hydrogens (tertiary/aromatic N) is 2. The second kappa shape index (κ2) is 8.62. The molecule has 2 aliphatic heterocycles. The summed E-state index contributed by atoms with van der Waals surface area (Å²) in [7, 11) is 0. The van der Waals surface area contributed by atoms with Crippen LogP contribution in [0.5, 0.6) is 5.75 Å². The molecule has 0 spiro atoms. The average Bonchev–Trinajstić information content (AvgIpc) is 3.07. The van der Waals surface area contributed by atoms with Gasteiger partial charge in [-0.25, -0.2) is 4.90 Å². The van der Waals surface area contributed by atoms with Crippen LogP contribution in [-0.2, 0) is 9.59 Å². The molecule has 1 saturated heterocycles. The van der Waals surface area contributed by atoms with Crippen molar-refractivity contribution in [1.29, 1.82) is 0 Å². The molecule has 0 N–H and O–H groups in total. The molecule has 29 heavy (non-hydrogen) atoms. The zero-order valence-electron chi connectivity index (χ0n) is 16.7. The van der Waals surface area contributed by atoms with Crippen molar-refractivity contribution in [2.45, 2.75) is 32.2 Å². The van der Waals surface area contributed by atoms with E-state index < -0.39 is 0 Å². The molecule has 0 aromatic heterocycles. The lowest BCUT2D eigenvalue weighted by atomic mass is 9.98. The molecular weight excluding hydrogens is 364 g/mol. The third kappa shape index (κ3) is 4.10. The largest absolute Gasteiger partial charge is 0.494 e. The smallest absolute Gasteiger partial charge is 0.251 e. The van der Waals surface area contributed by atoms with Gasteiger partial charge in [0.2, 0.25) is 5.91 Å². The van der Waals surface area contributed by atoms with Crippen molar-refractivity contribution in [2.75, 3.05) is 24.6 Å². The molecule has 150 valence electrons. The molecule has 0 radical (unpaired) electrons. The first-order valence-electron chi connectivity index (χ1n) is 10.3. The Hall–Kier alpha value is -2.92. The van der Waals surface area contributed by atoms with Gasteiger partial charge in [-0.15, -0.1) is 0 Å². The maximum atomic E-state index is 13.0. The number of rotatable bonds is 6. The van der Waals surface area contributed by atoms with Crippen LogP contribution in [0.2, 0.25) is 0 Å². The van der Waals surface area contributed by atoms with Crippen LogP contribution in [0, 0.1) is 0 Å². The molecule has 0 unspecified atom stereocenters. The lowest BCUT2D eigenvalue weighted by Crippen LogP contribution is -2.44. The van der Waals surface area contributed by atoms with E-state index in [1.165, 1.54) is 16.0 Å². The Balaban J connectivity index is 1.44. The number of carbonyl (C=O) groups is 2. The van der Waals surface area contributed by atoms with Crippen LogP contribution >= 0.6 is 0 Å². The van der Waals surface area contributed by atoms with Gasteiger partial charge in [0, 0.05) is 13.1 Å². The summed E-state index contributed by atoms with van der Waals surface area (Å²) in [6, 6.07) is 17.1. The third-order valence-corrected chi connectivity index (χ3v) is 5.52. The molecule has 0 saturated carbocycles. The number of benzene rings is 2. The molecule has 0 bridgehead atoms. The molecule has 0 aliphatic carbocycles. The fourth-order valence-corrected chi connectivity index (χ4v) is 3.97. The van der Waals surface area contributed by atoms with E-state index in [1.807, 2.05) is 30.3 Å². The van der Waals surface area contributed by atoms with E-state index in [0.29, 0.717) is 18.8 Å². The molecule has 2 aromatic carbocycles. The van der Waals surface area contributed by atoms with Crippen LogP contribution in [-0.4, -0.2) is 42.5 Å². The number of carbonyl (C=O) groups excluding carboxylic acids is 2. The van der Waals surface area contributed by atoms with Gasteiger partial charge in [-0.3, -0.25) is 14.5 Å². The van der Waals surface area contributed by atoms with Crippen molar-refractivity contribution in [3.8, 4) is 5.75 Å². The van der Waals surface area contributed by atoms with E-state index in [9.17, 15) is 9.59 Å². The highest BCUT2D eigenvalue weighted by Gasteiger charge is 2.42. The molecule has 2 amide bonds. The highest BCUT2D eigenvalue weighted by molar-refractivity contribution is 6.22. The van der Waals surface area contributed by atoms with Gasteiger partial charge in [0.05, 0.1) is 24.8 Å². The van der Waals surface area contributed by atoms with Gasteiger partial charge in [0.15, 0.2) is 0 Å². The third-order valence-electron chi connectivity index (χ3n) is 5.52. The Labute approximate surface area is 171 Å². The van der Waals surface area contributed by atoms with Gasteiger partial charge in [0.25, 0.3) is 5.91 Å². The van der Waals surface area contributed by atoms with Crippen LogP contribution in [0.15, 0.2) is 60.7 Å². The van der Waals surface area contributed by atoms with E-state index in [2.05, 4.69) is 30.0 Å². The minimum absolute atomic E-state index is 0.131. The van der Waals surface area contributed by atoms with Crippen LogP contribution in [0.25, 0.3) is 5.57 Å². The zero-order valence-corrected chi connectivity index (χ0v) is 16.7. The van der Waals surface area contributed by atoms with Crippen LogP contribution in [0.1, 0.15) is 31.7 Å². The predicted octanol–water partition coefficient (Wildman–Crippen LogP) is 3.90. The minimum Gasteiger partial charge on any atom is -0.494 e. The number of amides is 2. The minimum atomic E-state index is -0.382. The van der Waals surface area contributed by atoms with Crippen molar-refractivity contribution in [3.05, 3.63) is 66.2 Å². The molecule has 5 nitrogen and oxygen atoms in total. The molecule has 5 heteroatoms. The zero-order chi connectivity index (χ0) is 20.2. The normalized spacial score (nSPS) is 20.1. The second-order valence-corrected chi connectivity index (χ2v) is 7.47. The lowest BCUT2D eigenvalue weighted by molar-refractivity contribution is -0.122. The van der Waals surface area contributed by atoms with E-state index in [-0.39, 0.29) is 24.3 Å². The second-order valence-electron chi connectivity index (χ2n) is 7.47. The molecule has 2 aromatic rings. The molecule has 1 fully saturated rings. The monoisotopic (exact) mass is 390 g/mol. The first-order chi connectivity index (χ1) is 14.2. The Morgan fingerprint density at radius 3 is 2.45 bits per heavy atom. The van der Waals surface area contributed by atoms with Crippen molar-refractivity contribution < 1.29 is 14.3 Å². The van der Waals surface area contributed by atoms with Gasteiger partial charge in [-0.1, -0.05) is 43.3 Å². The van der Waals surface area contributed by atoms with Gasteiger partial charge in [0.1, 0.15) is 5.75 Å². The summed E-state index contributed by atoms with van der Waals surface area (Å²) < 4.78 is 5.59. The topological polar surface area (TPSA) is 49.9 Å². The van der Waals surface area contributed by atoms with Gasteiger partial charge < -0.3 is 4.74 Å². The van der Waals surface area contributed by atoms with Crippen molar-refractivity contribution in [2.24, 2.45) is 0 Å². The Kier molecular flexibility index (Phi) is 5.76. The molecule has 2 heterocycles. The molecule has 1 atom stereocenters. The maximum Gasteiger partial charge on any atom is 0.251 e. The number of anilines is 1. The Morgan fingerprint density at radius 2 is 1.79 bits per heavy atom. The van der Waals surface area contributed by atoms with Gasteiger partial charge >= 0.3 is 0 Å².